The molecule has 1 heterocycles. The lowest BCUT2D eigenvalue weighted by Crippen LogP contribution is -2.39. The summed E-state index contributed by atoms with van der Waals surface area (Å²) in [6, 6.07) is 7.88. The molecule has 28 heavy (non-hydrogen) atoms. The van der Waals surface area contributed by atoms with Crippen LogP contribution >= 0.6 is 11.6 Å². The minimum absolute atomic E-state index is 0.0360. The lowest BCUT2D eigenvalue weighted by atomic mass is 10.3. The van der Waals surface area contributed by atoms with Crippen molar-refractivity contribution in [3.8, 4) is 5.75 Å². The lowest BCUT2D eigenvalue weighted by Gasteiger charge is -2.11. The number of carbonyl (C=O) groups excluding carboxylic acids is 2. The molecule has 0 aliphatic heterocycles. The largest absolute Gasteiger partial charge is 0.484 e. The van der Waals surface area contributed by atoms with Gasteiger partial charge in [0.05, 0.1) is 6.54 Å². The Bertz CT molecular complexity index is 965. The minimum Gasteiger partial charge on any atom is -0.484 e. The van der Waals surface area contributed by atoms with Crippen LogP contribution in [0.25, 0.3) is 0 Å². The summed E-state index contributed by atoms with van der Waals surface area (Å²) in [6.45, 7) is -0.0168. The summed E-state index contributed by atoms with van der Waals surface area (Å²) in [5.74, 6) is -0.180. The van der Waals surface area contributed by atoms with E-state index in [0.717, 1.165) is 4.57 Å². The SMILES string of the molecule is Cn1c(CNC(=O)CCNC(=O)COc2ccc(Cl)cc2)cc(=O)n(C)c1=O. The third-order valence-electron chi connectivity index (χ3n) is 3.95. The molecule has 2 rings (SSSR count). The zero-order valence-electron chi connectivity index (χ0n) is 15.5. The molecule has 0 spiro atoms. The molecule has 0 aliphatic rings. The van der Waals surface area contributed by atoms with Crippen molar-refractivity contribution in [3.63, 3.8) is 0 Å². The van der Waals surface area contributed by atoms with Crippen LogP contribution in [0.2, 0.25) is 5.02 Å². The molecule has 0 aliphatic carbocycles. The van der Waals surface area contributed by atoms with Gasteiger partial charge in [0, 0.05) is 43.8 Å². The Morgan fingerprint density at radius 2 is 1.71 bits per heavy atom. The normalized spacial score (nSPS) is 10.4. The van der Waals surface area contributed by atoms with E-state index in [1.807, 2.05) is 0 Å². The molecular weight excluding hydrogens is 388 g/mol. The third kappa shape index (κ3) is 5.98. The first-order valence-electron chi connectivity index (χ1n) is 8.45. The second-order valence-corrected chi connectivity index (χ2v) is 6.43. The summed E-state index contributed by atoms with van der Waals surface area (Å²) in [7, 11) is 2.90. The highest BCUT2D eigenvalue weighted by Gasteiger charge is 2.09. The maximum Gasteiger partial charge on any atom is 0.330 e. The Morgan fingerprint density at radius 1 is 1.04 bits per heavy atom. The summed E-state index contributed by atoms with van der Waals surface area (Å²) in [6.07, 6.45) is 0.0471. The summed E-state index contributed by atoms with van der Waals surface area (Å²) >= 11 is 5.76. The Hall–Kier alpha value is -3.07. The fourth-order valence-electron chi connectivity index (χ4n) is 2.27. The van der Waals surface area contributed by atoms with Crippen LogP contribution in [0.3, 0.4) is 0 Å². The van der Waals surface area contributed by atoms with Gasteiger partial charge < -0.3 is 15.4 Å². The molecule has 2 amide bonds. The van der Waals surface area contributed by atoms with E-state index in [1.54, 1.807) is 24.3 Å². The average Bonchev–Trinajstić information content (AvgIpc) is 2.67. The third-order valence-corrected chi connectivity index (χ3v) is 4.20. The van der Waals surface area contributed by atoms with E-state index in [2.05, 4.69) is 10.6 Å². The van der Waals surface area contributed by atoms with Gasteiger partial charge in [-0.2, -0.15) is 0 Å². The molecule has 150 valence electrons. The quantitative estimate of drug-likeness (QED) is 0.635. The van der Waals surface area contributed by atoms with Crippen molar-refractivity contribution < 1.29 is 14.3 Å². The minimum atomic E-state index is -0.468. The molecule has 0 saturated carbocycles. The van der Waals surface area contributed by atoms with Crippen LogP contribution in [0.4, 0.5) is 0 Å². The number of hydrogen-bond donors (Lipinski definition) is 2. The number of carbonyl (C=O) groups is 2. The van der Waals surface area contributed by atoms with Gasteiger partial charge >= 0.3 is 5.69 Å². The Kier molecular flexibility index (Phi) is 7.39. The van der Waals surface area contributed by atoms with Crippen LogP contribution in [0.15, 0.2) is 39.9 Å². The monoisotopic (exact) mass is 408 g/mol. The molecule has 2 N–H and O–H groups in total. The number of ether oxygens (including phenoxy) is 1. The summed E-state index contributed by atoms with van der Waals surface area (Å²) < 4.78 is 7.56. The molecule has 0 bridgehead atoms. The van der Waals surface area contributed by atoms with Gasteiger partial charge in [0.1, 0.15) is 5.75 Å². The highest BCUT2D eigenvalue weighted by Crippen LogP contribution is 2.15. The Balaban J connectivity index is 1.71. The summed E-state index contributed by atoms with van der Waals surface area (Å²) in [5, 5.41) is 5.75. The fourth-order valence-corrected chi connectivity index (χ4v) is 2.40. The van der Waals surface area contributed by atoms with Crippen molar-refractivity contribution in [1.82, 2.24) is 19.8 Å². The second kappa shape index (κ2) is 9.75. The van der Waals surface area contributed by atoms with Crippen LogP contribution in [-0.4, -0.2) is 34.1 Å². The topological polar surface area (TPSA) is 111 Å². The van der Waals surface area contributed by atoms with Gasteiger partial charge in [-0.05, 0) is 24.3 Å². The molecular formula is C18H21ClN4O5. The number of nitrogens with zero attached hydrogens (tertiary/aromatic N) is 2. The lowest BCUT2D eigenvalue weighted by molar-refractivity contribution is -0.123. The first kappa shape index (κ1) is 21.2. The van der Waals surface area contributed by atoms with Crippen molar-refractivity contribution in [1.29, 1.82) is 0 Å². The van der Waals surface area contributed by atoms with E-state index in [4.69, 9.17) is 16.3 Å². The van der Waals surface area contributed by atoms with Crippen LogP contribution in [0.5, 0.6) is 5.75 Å². The highest BCUT2D eigenvalue weighted by atomic mass is 35.5. The zero-order valence-corrected chi connectivity index (χ0v) is 16.3. The van der Waals surface area contributed by atoms with Gasteiger partial charge in [-0.1, -0.05) is 11.6 Å². The van der Waals surface area contributed by atoms with Gasteiger partial charge in [0.25, 0.3) is 11.5 Å². The first-order chi connectivity index (χ1) is 13.3. The van der Waals surface area contributed by atoms with Crippen molar-refractivity contribution in [2.75, 3.05) is 13.2 Å². The molecule has 10 heteroatoms. The van der Waals surface area contributed by atoms with Crippen LogP contribution in [-0.2, 0) is 30.2 Å². The molecule has 9 nitrogen and oxygen atoms in total. The molecule has 0 unspecified atom stereocenters. The molecule has 0 saturated heterocycles. The van der Waals surface area contributed by atoms with E-state index < -0.39 is 11.2 Å². The number of rotatable bonds is 8. The summed E-state index contributed by atoms with van der Waals surface area (Å²) in [5.41, 5.74) is -0.521. The number of benzene rings is 1. The maximum absolute atomic E-state index is 11.9. The molecule has 1 aromatic heterocycles. The standard InChI is InChI=1S/C18H21ClN4O5/c1-22-13(9-17(26)23(2)18(22)27)10-21-15(24)7-8-20-16(25)11-28-14-5-3-12(19)4-6-14/h3-6,9H,7-8,10-11H2,1-2H3,(H,20,25)(H,21,24). The summed E-state index contributed by atoms with van der Waals surface area (Å²) in [4.78, 5) is 47.1. The van der Waals surface area contributed by atoms with Gasteiger partial charge in [-0.15, -0.1) is 0 Å². The number of hydrogen-bond acceptors (Lipinski definition) is 5. The van der Waals surface area contributed by atoms with Gasteiger partial charge in [0.15, 0.2) is 6.61 Å². The van der Waals surface area contributed by atoms with E-state index >= 15 is 0 Å². The first-order valence-corrected chi connectivity index (χ1v) is 8.83. The predicted octanol–water partition coefficient (Wildman–Crippen LogP) is -0.0611. The maximum atomic E-state index is 11.9. The molecule has 0 radical (unpaired) electrons. The Morgan fingerprint density at radius 3 is 2.39 bits per heavy atom. The molecule has 2 aromatic rings. The molecule has 1 aromatic carbocycles. The number of nitrogens with one attached hydrogen (secondary N) is 2. The van der Waals surface area contributed by atoms with Crippen molar-refractivity contribution in [2.45, 2.75) is 13.0 Å². The van der Waals surface area contributed by atoms with E-state index in [9.17, 15) is 19.2 Å². The van der Waals surface area contributed by atoms with E-state index in [0.29, 0.717) is 16.5 Å². The van der Waals surface area contributed by atoms with Crippen molar-refractivity contribution >= 4 is 23.4 Å². The fraction of sp³-hybridized carbons (Fsp3) is 0.333. The highest BCUT2D eigenvalue weighted by molar-refractivity contribution is 6.30. The smallest absolute Gasteiger partial charge is 0.330 e. The van der Waals surface area contributed by atoms with Gasteiger partial charge in [0.2, 0.25) is 5.91 Å². The van der Waals surface area contributed by atoms with Crippen LogP contribution in [0.1, 0.15) is 12.1 Å². The van der Waals surface area contributed by atoms with Crippen LogP contribution in [0, 0.1) is 0 Å². The number of amides is 2. The van der Waals surface area contributed by atoms with E-state index in [1.165, 1.54) is 24.7 Å². The zero-order chi connectivity index (χ0) is 20.7. The Labute approximate surface area is 165 Å². The van der Waals surface area contributed by atoms with Crippen molar-refractivity contribution in [2.24, 2.45) is 14.1 Å². The van der Waals surface area contributed by atoms with Gasteiger partial charge in [-0.25, -0.2) is 4.79 Å². The predicted molar refractivity (Wildman–Crippen MR) is 103 cm³/mol. The van der Waals surface area contributed by atoms with Crippen LogP contribution < -0.4 is 26.6 Å². The number of aromatic nitrogens is 2. The second-order valence-electron chi connectivity index (χ2n) is 5.99. The molecule has 0 fully saturated rings. The average molecular weight is 409 g/mol. The van der Waals surface area contributed by atoms with Crippen molar-refractivity contribution in [3.05, 3.63) is 61.9 Å². The van der Waals surface area contributed by atoms with Gasteiger partial charge in [-0.3, -0.25) is 23.5 Å². The number of halogens is 1. The molecule has 0 atom stereocenters. The van der Waals surface area contributed by atoms with E-state index in [-0.39, 0.29) is 37.9 Å².